The van der Waals surface area contributed by atoms with Gasteiger partial charge >= 0.3 is 0 Å². The Morgan fingerprint density at radius 3 is 1.62 bits per heavy atom. The van der Waals surface area contributed by atoms with E-state index in [9.17, 15) is 0 Å². The van der Waals surface area contributed by atoms with Crippen LogP contribution in [0, 0.1) is 23.2 Å². The lowest BCUT2D eigenvalue weighted by Gasteiger charge is -2.41. The molecule has 1 heterocycles. The van der Waals surface area contributed by atoms with Crippen molar-refractivity contribution >= 4 is 0 Å². The highest BCUT2D eigenvalue weighted by Gasteiger charge is 2.36. The van der Waals surface area contributed by atoms with E-state index in [-0.39, 0.29) is 11.2 Å². The van der Waals surface area contributed by atoms with Gasteiger partial charge in [-0.2, -0.15) is 0 Å². The normalized spacial score (nSPS) is 21.7. The summed E-state index contributed by atoms with van der Waals surface area (Å²) >= 11 is 0. The summed E-state index contributed by atoms with van der Waals surface area (Å²) in [5.41, 5.74) is 0.167. The SMILES string of the molecule is CC(C)CCCC(C)CCCC(C)CCCCC1(C)OCC(C)(C)CO1. The summed E-state index contributed by atoms with van der Waals surface area (Å²) in [4.78, 5) is 0. The van der Waals surface area contributed by atoms with Gasteiger partial charge < -0.3 is 9.47 Å². The Labute approximate surface area is 164 Å². The minimum absolute atomic E-state index is 0.167. The molecule has 0 N–H and O–H groups in total. The summed E-state index contributed by atoms with van der Waals surface area (Å²) in [5, 5.41) is 0. The fourth-order valence-corrected chi connectivity index (χ4v) is 3.84. The molecular weight excluding hydrogens is 320 g/mol. The standard InChI is InChI=1S/C24H48O2/c1-20(2)12-10-14-22(4)16-11-15-21(3)13-8-9-17-24(7)25-18-23(5,6)19-26-24/h20-22H,8-19H2,1-7H3. The van der Waals surface area contributed by atoms with Crippen molar-refractivity contribution in [3.63, 3.8) is 0 Å². The summed E-state index contributed by atoms with van der Waals surface area (Å²) in [7, 11) is 0. The molecule has 1 aliphatic heterocycles. The second kappa shape index (κ2) is 11.7. The quantitative estimate of drug-likeness (QED) is 0.311. The molecule has 26 heavy (non-hydrogen) atoms. The lowest BCUT2D eigenvalue weighted by atomic mass is 9.91. The maximum Gasteiger partial charge on any atom is 0.165 e. The van der Waals surface area contributed by atoms with Gasteiger partial charge in [0.2, 0.25) is 0 Å². The first kappa shape index (κ1) is 24.0. The zero-order chi connectivity index (χ0) is 19.6. The van der Waals surface area contributed by atoms with Crippen molar-refractivity contribution in [3.05, 3.63) is 0 Å². The minimum Gasteiger partial charge on any atom is -0.350 e. The first-order chi connectivity index (χ1) is 12.1. The fourth-order valence-electron chi connectivity index (χ4n) is 3.84. The number of unbranched alkanes of at least 4 members (excludes halogenated alkanes) is 1. The van der Waals surface area contributed by atoms with E-state index in [2.05, 4.69) is 48.5 Å². The van der Waals surface area contributed by atoms with Crippen molar-refractivity contribution in [1.82, 2.24) is 0 Å². The zero-order valence-electron chi connectivity index (χ0n) is 19.0. The Hall–Kier alpha value is -0.0800. The average molecular weight is 369 g/mol. The second-order valence-electron chi connectivity index (χ2n) is 10.6. The van der Waals surface area contributed by atoms with Crippen molar-refractivity contribution in [3.8, 4) is 0 Å². The van der Waals surface area contributed by atoms with Crippen LogP contribution in [0.2, 0.25) is 0 Å². The first-order valence-corrected chi connectivity index (χ1v) is 11.4. The molecule has 0 spiro atoms. The van der Waals surface area contributed by atoms with E-state index < -0.39 is 0 Å². The predicted octanol–water partition coefficient (Wildman–Crippen LogP) is 7.60. The van der Waals surface area contributed by atoms with Gasteiger partial charge in [-0.15, -0.1) is 0 Å². The monoisotopic (exact) mass is 368 g/mol. The Kier molecular flexibility index (Phi) is 10.8. The van der Waals surface area contributed by atoms with E-state index >= 15 is 0 Å². The highest BCUT2D eigenvalue weighted by molar-refractivity contribution is 4.77. The van der Waals surface area contributed by atoms with Crippen LogP contribution < -0.4 is 0 Å². The van der Waals surface area contributed by atoms with Crippen LogP contribution in [0.1, 0.15) is 113 Å². The smallest absolute Gasteiger partial charge is 0.165 e. The predicted molar refractivity (Wildman–Crippen MR) is 113 cm³/mol. The molecular formula is C24H48O2. The molecule has 0 aromatic rings. The third-order valence-corrected chi connectivity index (χ3v) is 5.99. The maximum atomic E-state index is 6.00. The van der Waals surface area contributed by atoms with Gasteiger partial charge in [0.1, 0.15) is 0 Å². The molecule has 1 saturated heterocycles. The topological polar surface area (TPSA) is 18.5 Å². The molecule has 2 nitrogen and oxygen atoms in total. The van der Waals surface area contributed by atoms with Gasteiger partial charge in [-0.3, -0.25) is 0 Å². The van der Waals surface area contributed by atoms with Gasteiger partial charge in [0.15, 0.2) is 5.79 Å². The van der Waals surface area contributed by atoms with Crippen molar-refractivity contribution in [2.24, 2.45) is 23.2 Å². The van der Waals surface area contributed by atoms with E-state index in [1.165, 1.54) is 57.8 Å². The molecule has 0 aromatic heterocycles. The van der Waals surface area contributed by atoms with Crippen LogP contribution in [0.4, 0.5) is 0 Å². The van der Waals surface area contributed by atoms with Crippen molar-refractivity contribution < 1.29 is 9.47 Å². The molecule has 1 fully saturated rings. The number of ether oxygens (including phenoxy) is 2. The lowest BCUT2D eigenvalue weighted by molar-refractivity contribution is -0.292. The average Bonchev–Trinajstić information content (AvgIpc) is 2.55. The third-order valence-electron chi connectivity index (χ3n) is 5.99. The lowest BCUT2D eigenvalue weighted by Crippen LogP contribution is -2.45. The van der Waals surface area contributed by atoms with Gasteiger partial charge in [0.25, 0.3) is 0 Å². The first-order valence-electron chi connectivity index (χ1n) is 11.4. The van der Waals surface area contributed by atoms with Crippen LogP contribution in [-0.2, 0) is 9.47 Å². The number of hydrogen-bond acceptors (Lipinski definition) is 2. The zero-order valence-corrected chi connectivity index (χ0v) is 19.0. The summed E-state index contributed by atoms with van der Waals surface area (Å²) in [6, 6.07) is 0. The van der Waals surface area contributed by atoms with E-state index in [1.54, 1.807) is 0 Å². The van der Waals surface area contributed by atoms with Crippen molar-refractivity contribution in [1.29, 1.82) is 0 Å². The Morgan fingerprint density at radius 2 is 1.12 bits per heavy atom. The van der Waals surface area contributed by atoms with E-state index in [4.69, 9.17) is 9.47 Å². The number of rotatable bonds is 13. The van der Waals surface area contributed by atoms with E-state index in [0.717, 1.165) is 37.4 Å². The van der Waals surface area contributed by atoms with E-state index in [1.807, 2.05) is 0 Å². The van der Waals surface area contributed by atoms with Gasteiger partial charge in [0.05, 0.1) is 13.2 Å². The molecule has 2 heteroatoms. The van der Waals surface area contributed by atoms with Crippen LogP contribution >= 0.6 is 0 Å². The van der Waals surface area contributed by atoms with Crippen LogP contribution in [-0.4, -0.2) is 19.0 Å². The Morgan fingerprint density at radius 1 is 0.654 bits per heavy atom. The maximum absolute atomic E-state index is 6.00. The summed E-state index contributed by atoms with van der Waals surface area (Å²) in [6.45, 7) is 17.7. The Balaban J connectivity index is 2.02. The van der Waals surface area contributed by atoms with Crippen LogP contribution in [0.25, 0.3) is 0 Å². The van der Waals surface area contributed by atoms with Gasteiger partial charge in [0, 0.05) is 11.8 Å². The highest BCUT2D eigenvalue weighted by atomic mass is 16.7. The molecule has 1 aliphatic rings. The summed E-state index contributed by atoms with van der Waals surface area (Å²) in [6.07, 6.45) is 13.3. The van der Waals surface area contributed by atoms with Crippen LogP contribution in [0.15, 0.2) is 0 Å². The summed E-state index contributed by atoms with van der Waals surface area (Å²) < 4.78 is 12.0. The molecule has 0 amide bonds. The van der Waals surface area contributed by atoms with Gasteiger partial charge in [-0.25, -0.2) is 0 Å². The largest absolute Gasteiger partial charge is 0.350 e. The third kappa shape index (κ3) is 10.9. The van der Waals surface area contributed by atoms with Crippen molar-refractivity contribution in [2.45, 2.75) is 118 Å². The molecule has 2 atom stereocenters. The van der Waals surface area contributed by atoms with Crippen LogP contribution in [0.3, 0.4) is 0 Å². The number of hydrogen-bond donors (Lipinski definition) is 0. The fraction of sp³-hybridized carbons (Fsp3) is 1.00. The molecule has 0 saturated carbocycles. The molecule has 0 bridgehead atoms. The minimum atomic E-state index is -0.343. The van der Waals surface area contributed by atoms with Gasteiger partial charge in [-0.1, -0.05) is 92.9 Å². The van der Waals surface area contributed by atoms with E-state index in [0.29, 0.717) is 0 Å². The van der Waals surface area contributed by atoms with Gasteiger partial charge in [-0.05, 0) is 31.1 Å². The molecule has 0 aromatic carbocycles. The second-order valence-corrected chi connectivity index (χ2v) is 10.6. The molecule has 0 aliphatic carbocycles. The summed E-state index contributed by atoms with van der Waals surface area (Å²) in [5.74, 6) is 2.29. The molecule has 2 unspecified atom stereocenters. The van der Waals surface area contributed by atoms with Crippen molar-refractivity contribution in [2.75, 3.05) is 13.2 Å². The molecule has 1 rings (SSSR count). The molecule has 156 valence electrons. The van der Waals surface area contributed by atoms with Crippen LogP contribution in [0.5, 0.6) is 0 Å². The highest BCUT2D eigenvalue weighted by Crippen LogP contribution is 2.32. The Bertz CT molecular complexity index is 351. The molecule has 0 radical (unpaired) electrons.